The van der Waals surface area contributed by atoms with Crippen LogP contribution in [0.1, 0.15) is 79.8 Å². The number of carbonyl (C=O) groups excluding carboxylic acids is 1. The Hall–Kier alpha value is -1.73. The first kappa shape index (κ1) is 23.0. The van der Waals surface area contributed by atoms with Gasteiger partial charge in [-0.2, -0.15) is 0 Å². The van der Waals surface area contributed by atoms with Gasteiger partial charge in [0.15, 0.2) is 5.13 Å². The number of carbonyl (C=O) groups is 1. The van der Waals surface area contributed by atoms with Gasteiger partial charge in [0.25, 0.3) is 0 Å². The molecule has 180 valence electrons. The molecular formula is C26H38N4O2S. The summed E-state index contributed by atoms with van der Waals surface area (Å²) in [5.74, 6) is 2.37. The summed E-state index contributed by atoms with van der Waals surface area (Å²) in [5, 5.41) is 5.15. The third kappa shape index (κ3) is 6.04. The molecule has 0 amide bonds. The van der Waals surface area contributed by atoms with Crippen molar-refractivity contribution in [2.45, 2.75) is 84.1 Å². The zero-order valence-corrected chi connectivity index (χ0v) is 20.9. The van der Waals surface area contributed by atoms with Gasteiger partial charge in [-0.05, 0) is 70.3 Å². The SMILES string of the molecule is Cc1cc(CC(=O)CC2CCC(CCN3CCc4sc(N5CCCCC5)nc4C3)CC2)on1. The summed E-state index contributed by atoms with van der Waals surface area (Å²) in [6.45, 7) is 7.67. The molecule has 2 aromatic rings. The number of nitrogens with zero attached hydrogens (tertiary/aromatic N) is 4. The van der Waals surface area contributed by atoms with E-state index in [2.05, 4.69) is 15.0 Å². The van der Waals surface area contributed by atoms with E-state index >= 15 is 0 Å². The van der Waals surface area contributed by atoms with Gasteiger partial charge in [-0.25, -0.2) is 4.98 Å². The first-order valence-electron chi connectivity index (χ1n) is 13.0. The molecule has 1 saturated heterocycles. The summed E-state index contributed by atoms with van der Waals surface area (Å²) in [5.41, 5.74) is 2.19. The van der Waals surface area contributed by atoms with Crippen molar-refractivity contribution >= 4 is 22.3 Å². The zero-order valence-electron chi connectivity index (χ0n) is 20.1. The van der Waals surface area contributed by atoms with Crippen LogP contribution in [0.5, 0.6) is 0 Å². The van der Waals surface area contributed by atoms with Gasteiger partial charge in [0.05, 0.1) is 17.8 Å². The molecule has 0 aromatic carbocycles. The fourth-order valence-corrected chi connectivity index (χ4v) is 6.94. The van der Waals surface area contributed by atoms with E-state index in [1.165, 1.54) is 99.7 Å². The van der Waals surface area contributed by atoms with E-state index in [1.807, 2.05) is 24.3 Å². The first-order chi connectivity index (χ1) is 16.1. The average molecular weight is 471 g/mol. The standard InChI is InChI=1S/C26H38N4O2S/c1-19-15-23(32-28-19)17-22(31)16-21-7-5-20(6-8-21)9-13-29-14-10-25-24(18-29)27-26(33-25)30-11-3-2-4-12-30/h15,20-21H,2-14,16-18H2,1H3. The van der Waals surface area contributed by atoms with Gasteiger partial charge >= 0.3 is 0 Å². The highest BCUT2D eigenvalue weighted by molar-refractivity contribution is 7.15. The number of rotatable bonds is 8. The van der Waals surface area contributed by atoms with Crippen LogP contribution in [0.3, 0.4) is 0 Å². The van der Waals surface area contributed by atoms with Gasteiger partial charge in [0.2, 0.25) is 0 Å². The van der Waals surface area contributed by atoms with Crippen molar-refractivity contribution in [2.24, 2.45) is 11.8 Å². The Kier molecular flexibility index (Phi) is 7.46. The average Bonchev–Trinajstić information content (AvgIpc) is 3.44. The summed E-state index contributed by atoms with van der Waals surface area (Å²) in [7, 11) is 0. The first-order valence-corrected chi connectivity index (χ1v) is 13.8. The maximum Gasteiger partial charge on any atom is 0.185 e. The van der Waals surface area contributed by atoms with Crippen molar-refractivity contribution in [2.75, 3.05) is 31.1 Å². The fraction of sp³-hybridized carbons (Fsp3) is 0.731. The number of hydrogen-bond donors (Lipinski definition) is 0. The van der Waals surface area contributed by atoms with Crippen molar-refractivity contribution < 1.29 is 9.32 Å². The second kappa shape index (κ2) is 10.7. The van der Waals surface area contributed by atoms with E-state index in [0.29, 0.717) is 30.3 Å². The Bertz CT molecular complexity index is 925. The molecule has 2 fully saturated rings. The third-order valence-corrected chi connectivity index (χ3v) is 9.02. The quantitative estimate of drug-likeness (QED) is 0.529. The molecule has 0 atom stereocenters. The van der Waals surface area contributed by atoms with Crippen molar-refractivity contribution in [1.82, 2.24) is 15.0 Å². The van der Waals surface area contributed by atoms with Crippen LogP contribution in [0.4, 0.5) is 5.13 Å². The minimum atomic E-state index is 0.297. The van der Waals surface area contributed by atoms with Crippen molar-refractivity contribution in [3.8, 4) is 0 Å². The summed E-state index contributed by atoms with van der Waals surface area (Å²) >= 11 is 1.95. The molecule has 0 radical (unpaired) electrons. The highest BCUT2D eigenvalue weighted by Gasteiger charge is 2.26. The van der Waals surface area contributed by atoms with Crippen LogP contribution in [0, 0.1) is 18.8 Å². The number of ketones is 1. The molecular weight excluding hydrogens is 432 g/mol. The Morgan fingerprint density at radius 2 is 1.91 bits per heavy atom. The highest BCUT2D eigenvalue weighted by atomic mass is 32.1. The van der Waals surface area contributed by atoms with Crippen LogP contribution in [0.15, 0.2) is 10.6 Å². The van der Waals surface area contributed by atoms with E-state index < -0.39 is 0 Å². The van der Waals surface area contributed by atoms with Crippen molar-refractivity contribution in [3.05, 3.63) is 28.1 Å². The lowest BCUT2D eigenvalue weighted by Gasteiger charge is -2.31. The number of aromatic nitrogens is 2. The van der Waals surface area contributed by atoms with Crippen LogP contribution in [0.25, 0.3) is 0 Å². The Morgan fingerprint density at radius 3 is 2.67 bits per heavy atom. The normalized spacial score (nSPS) is 24.1. The van der Waals surface area contributed by atoms with Gasteiger partial charge in [0, 0.05) is 43.5 Å². The smallest absolute Gasteiger partial charge is 0.185 e. The van der Waals surface area contributed by atoms with Gasteiger partial charge in [-0.1, -0.05) is 18.0 Å². The maximum absolute atomic E-state index is 12.4. The van der Waals surface area contributed by atoms with Crippen LogP contribution >= 0.6 is 11.3 Å². The highest BCUT2D eigenvalue weighted by Crippen LogP contribution is 2.35. The largest absolute Gasteiger partial charge is 0.361 e. The number of anilines is 1. The predicted molar refractivity (Wildman–Crippen MR) is 132 cm³/mol. The Balaban J connectivity index is 1.02. The molecule has 1 aliphatic carbocycles. The molecule has 0 bridgehead atoms. The minimum Gasteiger partial charge on any atom is -0.361 e. The van der Waals surface area contributed by atoms with Gasteiger partial charge in [-0.15, -0.1) is 11.3 Å². The number of aryl methyl sites for hydroxylation is 1. The molecule has 4 heterocycles. The molecule has 3 aliphatic rings. The van der Waals surface area contributed by atoms with E-state index in [0.717, 1.165) is 18.2 Å². The van der Waals surface area contributed by atoms with Crippen LogP contribution in [-0.2, 0) is 24.2 Å². The summed E-state index contributed by atoms with van der Waals surface area (Å²) in [6, 6.07) is 1.87. The van der Waals surface area contributed by atoms with Gasteiger partial charge < -0.3 is 9.42 Å². The summed E-state index contributed by atoms with van der Waals surface area (Å²) in [4.78, 5) is 24.1. The van der Waals surface area contributed by atoms with Crippen LogP contribution in [0.2, 0.25) is 0 Å². The molecule has 33 heavy (non-hydrogen) atoms. The number of thiazole rings is 1. The Labute approximate surface area is 201 Å². The lowest BCUT2D eigenvalue weighted by molar-refractivity contribution is -0.119. The number of fused-ring (bicyclic) bond motifs is 1. The molecule has 2 aromatic heterocycles. The second-order valence-corrected chi connectivity index (χ2v) is 11.5. The lowest BCUT2D eigenvalue weighted by Crippen LogP contribution is -2.32. The Morgan fingerprint density at radius 1 is 1.12 bits per heavy atom. The van der Waals surface area contributed by atoms with E-state index in [-0.39, 0.29) is 0 Å². The minimum absolute atomic E-state index is 0.297. The summed E-state index contributed by atoms with van der Waals surface area (Å²) < 4.78 is 5.20. The molecule has 0 spiro atoms. The topological polar surface area (TPSA) is 62.5 Å². The van der Waals surface area contributed by atoms with E-state index in [9.17, 15) is 4.79 Å². The maximum atomic E-state index is 12.4. The van der Waals surface area contributed by atoms with Crippen molar-refractivity contribution in [1.29, 1.82) is 0 Å². The number of piperidine rings is 1. The van der Waals surface area contributed by atoms with Gasteiger partial charge in [-0.3, -0.25) is 9.69 Å². The molecule has 6 nitrogen and oxygen atoms in total. The van der Waals surface area contributed by atoms with Gasteiger partial charge in [0.1, 0.15) is 11.5 Å². The van der Waals surface area contributed by atoms with Crippen LogP contribution in [-0.4, -0.2) is 47.0 Å². The summed E-state index contributed by atoms with van der Waals surface area (Å²) in [6.07, 6.45) is 12.5. The second-order valence-electron chi connectivity index (χ2n) is 10.5. The lowest BCUT2D eigenvalue weighted by atomic mass is 9.78. The third-order valence-electron chi connectivity index (χ3n) is 7.81. The fourth-order valence-electron chi connectivity index (χ4n) is 5.83. The monoisotopic (exact) mass is 470 g/mol. The number of Topliss-reactive ketones (excluding diaryl/α,β-unsaturated/α-hetero) is 1. The molecule has 5 rings (SSSR count). The van der Waals surface area contributed by atoms with Crippen molar-refractivity contribution in [3.63, 3.8) is 0 Å². The van der Waals surface area contributed by atoms with E-state index in [4.69, 9.17) is 9.51 Å². The zero-order chi connectivity index (χ0) is 22.6. The molecule has 0 N–H and O–H groups in total. The molecule has 1 saturated carbocycles. The number of hydrogen-bond acceptors (Lipinski definition) is 7. The molecule has 2 aliphatic heterocycles. The van der Waals surface area contributed by atoms with Crippen LogP contribution < -0.4 is 4.90 Å². The molecule has 7 heteroatoms. The van der Waals surface area contributed by atoms with E-state index in [1.54, 1.807) is 0 Å². The molecule has 0 unspecified atom stereocenters. The predicted octanol–water partition coefficient (Wildman–Crippen LogP) is 5.19.